The molecule has 0 amide bonds. The van der Waals surface area contributed by atoms with Crippen molar-refractivity contribution in [3.05, 3.63) is 133 Å². The molecule has 0 saturated carbocycles. The van der Waals surface area contributed by atoms with Gasteiger partial charge in [0, 0.05) is 30.9 Å². The van der Waals surface area contributed by atoms with E-state index in [2.05, 4.69) is 103 Å². The van der Waals surface area contributed by atoms with E-state index in [1.807, 2.05) is 41.7 Å². The fraction of sp³-hybridized carbons (Fsp3) is 0. The maximum Gasteiger partial charge on any atom is 0.135 e. The van der Waals surface area contributed by atoms with Gasteiger partial charge in [0.2, 0.25) is 0 Å². The lowest BCUT2D eigenvalue weighted by atomic mass is 9.86. The van der Waals surface area contributed by atoms with E-state index < -0.39 is 0 Å². The Kier molecular flexibility index (Phi) is 5.10. The molecular formula is C37H21NOS. The summed E-state index contributed by atoms with van der Waals surface area (Å²) in [4.78, 5) is 0. The van der Waals surface area contributed by atoms with Crippen LogP contribution in [0.5, 0.6) is 0 Å². The van der Waals surface area contributed by atoms with Crippen LogP contribution in [0, 0.1) is 11.3 Å². The van der Waals surface area contributed by atoms with E-state index in [1.165, 1.54) is 25.7 Å². The number of fused-ring (bicyclic) bond motifs is 6. The molecule has 0 N–H and O–H groups in total. The highest BCUT2D eigenvalue weighted by molar-refractivity contribution is 7.25. The average molecular weight is 528 g/mol. The van der Waals surface area contributed by atoms with Crippen molar-refractivity contribution in [1.82, 2.24) is 0 Å². The second-order valence-electron chi connectivity index (χ2n) is 10.0. The van der Waals surface area contributed by atoms with Crippen molar-refractivity contribution in [3.63, 3.8) is 0 Å². The lowest BCUT2D eigenvalue weighted by Crippen LogP contribution is -1.91. The second-order valence-corrected chi connectivity index (χ2v) is 11.1. The Morgan fingerprint density at radius 2 is 1.18 bits per heavy atom. The van der Waals surface area contributed by atoms with Crippen molar-refractivity contribution in [2.45, 2.75) is 0 Å². The smallest absolute Gasteiger partial charge is 0.135 e. The summed E-state index contributed by atoms with van der Waals surface area (Å²) in [7, 11) is 0. The molecular weight excluding hydrogens is 506 g/mol. The molecule has 0 aliphatic rings. The molecule has 186 valence electrons. The zero-order chi connectivity index (χ0) is 26.6. The van der Waals surface area contributed by atoms with Crippen molar-refractivity contribution < 1.29 is 4.42 Å². The van der Waals surface area contributed by atoms with Crippen LogP contribution in [0.3, 0.4) is 0 Å². The Balaban J connectivity index is 1.43. The molecule has 0 spiro atoms. The van der Waals surface area contributed by atoms with Gasteiger partial charge in [-0.05, 0) is 81.9 Å². The zero-order valence-electron chi connectivity index (χ0n) is 21.4. The van der Waals surface area contributed by atoms with E-state index in [9.17, 15) is 5.26 Å². The van der Waals surface area contributed by atoms with Gasteiger partial charge in [-0.15, -0.1) is 11.3 Å². The lowest BCUT2D eigenvalue weighted by molar-refractivity contribution is 0.669. The molecule has 8 rings (SSSR count). The molecule has 0 aliphatic carbocycles. The largest absolute Gasteiger partial charge is 0.456 e. The molecule has 0 bridgehead atoms. The summed E-state index contributed by atoms with van der Waals surface area (Å²) in [5, 5.41) is 14.4. The summed E-state index contributed by atoms with van der Waals surface area (Å²) in [5.74, 6) is 0. The van der Waals surface area contributed by atoms with Crippen LogP contribution in [0.1, 0.15) is 5.56 Å². The van der Waals surface area contributed by atoms with Crippen LogP contribution in [0.15, 0.2) is 132 Å². The predicted molar refractivity (Wildman–Crippen MR) is 168 cm³/mol. The van der Waals surface area contributed by atoms with Crippen LogP contribution in [-0.2, 0) is 0 Å². The molecule has 40 heavy (non-hydrogen) atoms. The zero-order valence-corrected chi connectivity index (χ0v) is 22.2. The number of nitriles is 1. The molecule has 0 atom stereocenters. The first kappa shape index (κ1) is 22.8. The van der Waals surface area contributed by atoms with Crippen LogP contribution < -0.4 is 0 Å². The maximum atomic E-state index is 9.63. The summed E-state index contributed by atoms with van der Waals surface area (Å²) < 4.78 is 8.74. The van der Waals surface area contributed by atoms with E-state index in [4.69, 9.17) is 4.42 Å². The Hall–Kier alpha value is -5.17. The number of nitrogens with zero attached hydrogens (tertiary/aromatic N) is 1. The third-order valence-electron chi connectivity index (χ3n) is 7.72. The van der Waals surface area contributed by atoms with Crippen molar-refractivity contribution in [2.24, 2.45) is 0 Å². The molecule has 6 aromatic carbocycles. The molecule has 0 fully saturated rings. The van der Waals surface area contributed by atoms with E-state index in [0.29, 0.717) is 5.56 Å². The first-order valence-corrected chi connectivity index (χ1v) is 14.1. The Bertz CT molecular complexity index is 2300. The van der Waals surface area contributed by atoms with Gasteiger partial charge in [0.25, 0.3) is 0 Å². The van der Waals surface area contributed by atoms with Crippen molar-refractivity contribution >= 4 is 53.4 Å². The third kappa shape index (κ3) is 3.55. The average Bonchev–Trinajstić information content (AvgIpc) is 3.58. The highest BCUT2D eigenvalue weighted by atomic mass is 32.1. The molecule has 3 heteroatoms. The van der Waals surface area contributed by atoms with Gasteiger partial charge in [0.05, 0.1) is 11.6 Å². The fourth-order valence-electron chi connectivity index (χ4n) is 5.88. The minimum absolute atomic E-state index is 0.649. The summed E-state index contributed by atoms with van der Waals surface area (Å²) in [6.07, 6.45) is 0. The Morgan fingerprint density at radius 1 is 0.500 bits per heavy atom. The fourth-order valence-corrected chi connectivity index (χ4v) is 6.96. The number of hydrogen-bond donors (Lipinski definition) is 0. The van der Waals surface area contributed by atoms with Crippen LogP contribution in [0.25, 0.3) is 75.5 Å². The van der Waals surface area contributed by atoms with E-state index in [-0.39, 0.29) is 0 Å². The minimum Gasteiger partial charge on any atom is -0.456 e. The number of rotatable bonds is 3. The van der Waals surface area contributed by atoms with E-state index in [0.717, 1.165) is 49.8 Å². The molecule has 2 aromatic heterocycles. The molecule has 0 saturated heterocycles. The number of thiophene rings is 1. The van der Waals surface area contributed by atoms with Crippen LogP contribution >= 0.6 is 11.3 Å². The van der Waals surface area contributed by atoms with Gasteiger partial charge < -0.3 is 4.42 Å². The Morgan fingerprint density at radius 3 is 2.05 bits per heavy atom. The SMILES string of the molecule is N#Cc1cccc(-c2cccc(-c3ccc4sc5ccccc5c4c3)c2-c2ccc3oc4ccccc4c3c2)c1. The van der Waals surface area contributed by atoms with Crippen LogP contribution in [0.2, 0.25) is 0 Å². The van der Waals surface area contributed by atoms with Crippen molar-refractivity contribution in [2.75, 3.05) is 0 Å². The molecule has 8 aromatic rings. The van der Waals surface area contributed by atoms with Gasteiger partial charge >= 0.3 is 0 Å². The number of hydrogen-bond acceptors (Lipinski definition) is 3. The number of benzene rings is 6. The molecule has 0 unspecified atom stereocenters. The highest BCUT2D eigenvalue weighted by Crippen LogP contribution is 2.44. The highest BCUT2D eigenvalue weighted by Gasteiger charge is 2.17. The van der Waals surface area contributed by atoms with Gasteiger partial charge in [-0.25, -0.2) is 0 Å². The van der Waals surface area contributed by atoms with Crippen molar-refractivity contribution in [3.8, 4) is 39.4 Å². The maximum absolute atomic E-state index is 9.63. The standard InChI is InChI=1S/C37H21NOS/c38-22-23-7-5-8-24(19-23)27-11-6-12-28(25-16-18-36-32(20-25)30-10-2-4-14-35(30)40-36)37(27)26-15-17-34-31(21-26)29-9-1-3-13-33(29)39-34/h1-21H. The van der Waals surface area contributed by atoms with Gasteiger partial charge in [0.15, 0.2) is 0 Å². The minimum atomic E-state index is 0.649. The number of furan rings is 1. The molecule has 0 aliphatic heterocycles. The van der Waals surface area contributed by atoms with Crippen LogP contribution in [-0.4, -0.2) is 0 Å². The van der Waals surface area contributed by atoms with Gasteiger partial charge in [-0.2, -0.15) is 5.26 Å². The first-order valence-electron chi connectivity index (χ1n) is 13.2. The summed E-state index contributed by atoms with van der Waals surface area (Å²) in [5.41, 5.74) is 9.11. The van der Waals surface area contributed by atoms with E-state index >= 15 is 0 Å². The molecule has 2 nitrogen and oxygen atoms in total. The van der Waals surface area contributed by atoms with E-state index in [1.54, 1.807) is 0 Å². The van der Waals surface area contributed by atoms with Crippen molar-refractivity contribution in [1.29, 1.82) is 5.26 Å². The summed E-state index contributed by atoms with van der Waals surface area (Å²) >= 11 is 1.83. The van der Waals surface area contributed by atoms with Crippen LogP contribution in [0.4, 0.5) is 0 Å². The van der Waals surface area contributed by atoms with Gasteiger partial charge in [-0.1, -0.05) is 78.9 Å². The predicted octanol–water partition coefficient (Wildman–Crippen LogP) is 10.8. The van der Waals surface area contributed by atoms with Gasteiger partial charge in [0.1, 0.15) is 11.2 Å². The molecule has 2 heterocycles. The quantitative estimate of drug-likeness (QED) is 0.229. The Labute approximate surface area is 235 Å². The number of para-hydroxylation sites is 1. The second kappa shape index (κ2) is 8.95. The topological polar surface area (TPSA) is 36.9 Å². The first-order chi connectivity index (χ1) is 19.8. The third-order valence-corrected chi connectivity index (χ3v) is 8.87. The monoisotopic (exact) mass is 527 g/mol. The van der Waals surface area contributed by atoms with Gasteiger partial charge in [-0.3, -0.25) is 0 Å². The summed E-state index contributed by atoms with van der Waals surface area (Å²) in [6, 6.07) is 46.8. The lowest BCUT2D eigenvalue weighted by Gasteiger charge is -2.17. The molecule has 0 radical (unpaired) electrons. The normalized spacial score (nSPS) is 11.5. The summed E-state index contributed by atoms with van der Waals surface area (Å²) in [6.45, 7) is 0.